The highest BCUT2D eigenvalue weighted by Crippen LogP contribution is 2.07. The van der Waals surface area contributed by atoms with Crippen LogP contribution in [-0.4, -0.2) is 11.5 Å². The highest BCUT2D eigenvalue weighted by molar-refractivity contribution is 7.09. The van der Waals surface area contributed by atoms with Gasteiger partial charge in [0.15, 0.2) is 0 Å². The fourth-order valence-electron chi connectivity index (χ4n) is 1.64. The van der Waals surface area contributed by atoms with Crippen LogP contribution in [0.1, 0.15) is 17.0 Å². The van der Waals surface area contributed by atoms with Gasteiger partial charge in [0.2, 0.25) is 0 Å². The molecule has 17 heavy (non-hydrogen) atoms. The summed E-state index contributed by atoms with van der Waals surface area (Å²) in [6.07, 6.45) is 4.07. The molecule has 0 aliphatic rings. The molecule has 0 atom stereocenters. The first kappa shape index (κ1) is 12.1. The second kappa shape index (κ2) is 6.37. The van der Waals surface area contributed by atoms with Gasteiger partial charge in [-0.25, -0.2) is 4.98 Å². The summed E-state index contributed by atoms with van der Waals surface area (Å²) in [5.41, 5.74) is 7.81. The molecule has 0 fully saturated rings. The van der Waals surface area contributed by atoms with Crippen molar-refractivity contribution in [3.8, 4) is 0 Å². The van der Waals surface area contributed by atoms with Crippen molar-refractivity contribution in [2.45, 2.75) is 19.4 Å². The van der Waals surface area contributed by atoms with Crippen LogP contribution in [0.2, 0.25) is 0 Å². The van der Waals surface area contributed by atoms with Crippen molar-refractivity contribution in [3.63, 3.8) is 0 Å². The largest absolute Gasteiger partial charge is 0.399 e. The number of thiazole rings is 1. The predicted octanol–water partition coefficient (Wildman–Crippen LogP) is 2.45. The third-order valence-electron chi connectivity index (χ3n) is 2.56. The van der Waals surface area contributed by atoms with Crippen LogP contribution in [0.4, 0.5) is 5.69 Å². The third-order valence-corrected chi connectivity index (χ3v) is 3.34. The van der Waals surface area contributed by atoms with Crippen molar-refractivity contribution in [1.29, 1.82) is 0 Å². The summed E-state index contributed by atoms with van der Waals surface area (Å²) in [5, 5.41) is 6.55. The van der Waals surface area contributed by atoms with Gasteiger partial charge in [0, 0.05) is 23.8 Å². The lowest BCUT2D eigenvalue weighted by molar-refractivity contribution is 0.647. The summed E-state index contributed by atoms with van der Waals surface area (Å²) in [7, 11) is 0. The smallest absolute Gasteiger partial charge is 0.106 e. The van der Waals surface area contributed by atoms with Crippen LogP contribution >= 0.6 is 11.3 Å². The summed E-state index contributed by atoms with van der Waals surface area (Å²) < 4.78 is 0. The Balaban J connectivity index is 1.61. The number of hydrogen-bond acceptors (Lipinski definition) is 4. The van der Waals surface area contributed by atoms with Crippen molar-refractivity contribution in [3.05, 3.63) is 46.4 Å². The fraction of sp³-hybridized carbons (Fsp3) is 0.308. The summed E-state index contributed by atoms with van der Waals surface area (Å²) in [6, 6.07) is 8.10. The number of nitrogens with one attached hydrogen (secondary N) is 1. The molecule has 0 aliphatic heterocycles. The second-order valence-electron chi connectivity index (χ2n) is 3.95. The molecule has 0 spiro atoms. The molecule has 90 valence electrons. The summed E-state index contributed by atoms with van der Waals surface area (Å²) in [5.74, 6) is 0. The Morgan fingerprint density at radius 2 is 2.06 bits per heavy atom. The van der Waals surface area contributed by atoms with Crippen molar-refractivity contribution in [2.24, 2.45) is 0 Å². The minimum atomic E-state index is 0.829. The number of nitrogen functional groups attached to an aromatic ring is 1. The van der Waals surface area contributed by atoms with Gasteiger partial charge in [-0.15, -0.1) is 11.3 Å². The Morgan fingerprint density at radius 1 is 1.24 bits per heavy atom. The van der Waals surface area contributed by atoms with Crippen LogP contribution in [0.15, 0.2) is 35.8 Å². The summed E-state index contributed by atoms with van der Waals surface area (Å²) >= 11 is 1.69. The Kier molecular flexibility index (Phi) is 4.53. The van der Waals surface area contributed by atoms with Crippen LogP contribution < -0.4 is 11.1 Å². The van der Waals surface area contributed by atoms with E-state index in [-0.39, 0.29) is 0 Å². The Bertz CT molecular complexity index is 422. The summed E-state index contributed by atoms with van der Waals surface area (Å²) in [4.78, 5) is 4.22. The zero-order valence-corrected chi connectivity index (χ0v) is 10.5. The molecular weight excluding hydrogens is 230 g/mol. The van der Waals surface area contributed by atoms with Crippen LogP contribution in [0, 0.1) is 0 Å². The highest BCUT2D eigenvalue weighted by atomic mass is 32.1. The molecule has 2 aromatic rings. The average Bonchev–Trinajstić information content (AvgIpc) is 2.84. The number of nitrogens with two attached hydrogens (primary N) is 1. The number of nitrogens with zero attached hydrogens (tertiary/aromatic N) is 1. The Morgan fingerprint density at radius 3 is 2.76 bits per heavy atom. The molecule has 4 heteroatoms. The molecule has 0 radical (unpaired) electrons. The Labute approximate surface area is 106 Å². The van der Waals surface area contributed by atoms with Gasteiger partial charge in [-0.1, -0.05) is 12.1 Å². The molecule has 1 heterocycles. The van der Waals surface area contributed by atoms with Crippen molar-refractivity contribution >= 4 is 17.0 Å². The first-order valence-electron chi connectivity index (χ1n) is 5.78. The molecule has 0 bridgehead atoms. The van der Waals surface area contributed by atoms with E-state index in [0.717, 1.165) is 36.6 Å². The van der Waals surface area contributed by atoms with E-state index in [0.29, 0.717) is 0 Å². The molecule has 0 saturated heterocycles. The Hall–Kier alpha value is -1.39. The number of rotatable bonds is 6. The fourth-order valence-corrected chi connectivity index (χ4v) is 2.22. The quantitative estimate of drug-likeness (QED) is 0.609. The maximum atomic E-state index is 5.64. The van der Waals surface area contributed by atoms with Crippen molar-refractivity contribution < 1.29 is 0 Å². The number of anilines is 1. The second-order valence-corrected chi connectivity index (χ2v) is 4.93. The van der Waals surface area contributed by atoms with Gasteiger partial charge in [-0.2, -0.15) is 0 Å². The van der Waals surface area contributed by atoms with Gasteiger partial charge in [0.25, 0.3) is 0 Å². The maximum Gasteiger partial charge on any atom is 0.106 e. The van der Waals surface area contributed by atoms with E-state index in [9.17, 15) is 0 Å². The molecule has 0 saturated carbocycles. The van der Waals surface area contributed by atoms with E-state index in [1.807, 2.05) is 23.7 Å². The van der Waals surface area contributed by atoms with Gasteiger partial charge in [-0.3, -0.25) is 0 Å². The number of aromatic nitrogens is 1. The highest BCUT2D eigenvalue weighted by Gasteiger charge is 1.95. The van der Waals surface area contributed by atoms with Crippen LogP contribution in [0.25, 0.3) is 0 Å². The van der Waals surface area contributed by atoms with E-state index in [2.05, 4.69) is 22.4 Å². The lowest BCUT2D eigenvalue weighted by atomic mass is 10.1. The van der Waals surface area contributed by atoms with Gasteiger partial charge in [0.05, 0.1) is 0 Å². The van der Waals surface area contributed by atoms with Gasteiger partial charge < -0.3 is 11.1 Å². The molecule has 0 amide bonds. The molecule has 3 nitrogen and oxygen atoms in total. The van der Waals surface area contributed by atoms with Crippen LogP contribution in [0.5, 0.6) is 0 Å². The van der Waals surface area contributed by atoms with E-state index in [1.54, 1.807) is 11.3 Å². The first-order chi connectivity index (χ1) is 8.34. The number of aryl methyl sites for hydroxylation is 1. The molecule has 1 aromatic carbocycles. The SMILES string of the molecule is Nc1ccc(CCCNCc2nccs2)cc1. The van der Waals surface area contributed by atoms with Crippen molar-refractivity contribution in [1.82, 2.24) is 10.3 Å². The lowest BCUT2D eigenvalue weighted by Gasteiger charge is -2.03. The topological polar surface area (TPSA) is 50.9 Å². The molecule has 0 aliphatic carbocycles. The third kappa shape index (κ3) is 4.17. The van der Waals surface area contributed by atoms with Gasteiger partial charge in [-0.05, 0) is 37.1 Å². The summed E-state index contributed by atoms with van der Waals surface area (Å²) in [6.45, 7) is 1.89. The van der Waals surface area contributed by atoms with Crippen molar-refractivity contribution in [2.75, 3.05) is 12.3 Å². The standard InChI is InChI=1S/C13H17N3S/c14-12-5-3-11(4-6-12)2-1-7-15-10-13-16-8-9-17-13/h3-6,8-9,15H,1-2,7,10,14H2. The predicted molar refractivity (Wildman–Crippen MR) is 73.0 cm³/mol. The maximum absolute atomic E-state index is 5.64. The monoisotopic (exact) mass is 247 g/mol. The minimum absolute atomic E-state index is 0.829. The van der Waals surface area contributed by atoms with Gasteiger partial charge in [0.1, 0.15) is 5.01 Å². The van der Waals surface area contributed by atoms with Crippen LogP contribution in [-0.2, 0) is 13.0 Å². The normalized spacial score (nSPS) is 10.6. The van der Waals surface area contributed by atoms with E-state index in [1.165, 1.54) is 5.56 Å². The molecule has 3 N–H and O–H groups in total. The number of hydrogen-bond donors (Lipinski definition) is 2. The lowest BCUT2D eigenvalue weighted by Crippen LogP contribution is -2.15. The zero-order valence-electron chi connectivity index (χ0n) is 9.73. The zero-order chi connectivity index (χ0) is 11.9. The van der Waals surface area contributed by atoms with E-state index in [4.69, 9.17) is 5.73 Å². The molecular formula is C13H17N3S. The van der Waals surface area contributed by atoms with E-state index < -0.39 is 0 Å². The molecule has 2 rings (SSSR count). The van der Waals surface area contributed by atoms with Gasteiger partial charge >= 0.3 is 0 Å². The number of benzene rings is 1. The minimum Gasteiger partial charge on any atom is -0.399 e. The van der Waals surface area contributed by atoms with E-state index >= 15 is 0 Å². The average molecular weight is 247 g/mol. The molecule has 1 aromatic heterocycles. The first-order valence-corrected chi connectivity index (χ1v) is 6.66. The van der Waals surface area contributed by atoms with Crippen LogP contribution in [0.3, 0.4) is 0 Å². The molecule has 0 unspecified atom stereocenters.